The predicted molar refractivity (Wildman–Crippen MR) is 63.9 cm³/mol. The highest BCUT2D eigenvalue weighted by Crippen LogP contribution is 2.18. The fourth-order valence-electron chi connectivity index (χ4n) is 1.38. The van der Waals surface area contributed by atoms with Crippen molar-refractivity contribution in [2.75, 3.05) is 6.54 Å². The summed E-state index contributed by atoms with van der Waals surface area (Å²) < 4.78 is 0. The molecule has 1 heterocycles. The van der Waals surface area contributed by atoms with Crippen LogP contribution in [0, 0.1) is 5.92 Å². The normalized spacial score (nSPS) is 17.3. The molecule has 0 aromatic carbocycles. The van der Waals surface area contributed by atoms with Gasteiger partial charge in [0.05, 0.1) is 16.8 Å². The van der Waals surface area contributed by atoms with Crippen LogP contribution in [0.3, 0.4) is 0 Å². The third kappa shape index (κ3) is 3.89. The SMILES string of the molecule is CCC(C)C(C)(O)CNCc1cscn1. The molecule has 3 nitrogen and oxygen atoms in total. The van der Waals surface area contributed by atoms with Gasteiger partial charge in [0.2, 0.25) is 0 Å². The zero-order chi connectivity index (χ0) is 11.3. The Bertz CT molecular complexity index is 272. The Morgan fingerprint density at radius 2 is 2.40 bits per heavy atom. The van der Waals surface area contributed by atoms with E-state index in [2.05, 4.69) is 24.1 Å². The zero-order valence-electron chi connectivity index (χ0n) is 9.66. The van der Waals surface area contributed by atoms with Crippen LogP contribution >= 0.6 is 11.3 Å². The minimum atomic E-state index is -0.634. The molecule has 0 fully saturated rings. The van der Waals surface area contributed by atoms with Gasteiger partial charge in [-0.1, -0.05) is 20.3 Å². The molecule has 0 saturated carbocycles. The van der Waals surface area contributed by atoms with Crippen LogP contribution < -0.4 is 5.32 Å². The molecule has 0 aliphatic carbocycles. The van der Waals surface area contributed by atoms with E-state index in [0.717, 1.165) is 18.7 Å². The Hall–Kier alpha value is -0.450. The summed E-state index contributed by atoms with van der Waals surface area (Å²) in [5.41, 5.74) is 2.23. The van der Waals surface area contributed by atoms with Crippen LogP contribution in [0.1, 0.15) is 32.9 Å². The summed E-state index contributed by atoms with van der Waals surface area (Å²) in [6, 6.07) is 0. The summed E-state index contributed by atoms with van der Waals surface area (Å²) in [5, 5.41) is 15.4. The Kier molecular flexibility index (Phi) is 4.70. The maximum atomic E-state index is 10.1. The van der Waals surface area contributed by atoms with E-state index in [9.17, 15) is 5.11 Å². The molecule has 0 amide bonds. The van der Waals surface area contributed by atoms with Gasteiger partial charge >= 0.3 is 0 Å². The summed E-state index contributed by atoms with van der Waals surface area (Å²) in [7, 11) is 0. The number of aliphatic hydroxyl groups is 1. The summed E-state index contributed by atoms with van der Waals surface area (Å²) in [6.45, 7) is 7.40. The van der Waals surface area contributed by atoms with Crippen molar-refractivity contribution in [2.24, 2.45) is 5.92 Å². The first-order valence-corrected chi connectivity index (χ1v) is 6.30. The highest BCUT2D eigenvalue weighted by atomic mass is 32.1. The van der Waals surface area contributed by atoms with E-state index in [-0.39, 0.29) is 0 Å². The van der Waals surface area contributed by atoms with E-state index >= 15 is 0 Å². The Morgan fingerprint density at radius 1 is 1.67 bits per heavy atom. The van der Waals surface area contributed by atoms with E-state index in [4.69, 9.17) is 0 Å². The van der Waals surface area contributed by atoms with Gasteiger partial charge in [-0.3, -0.25) is 0 Å². The van der Waals surface area contributed by atoms with Crippen molar-refractivity contribution in [2.45, 2.75) is 39.3 Å². The standard InChI is InChI=1S/C11H20N2OS/c1-4-9(2)11(3,14)7-12-5-10-6-15-8-13-10/h6,8-9,12,14H,4-5,7H2,1-3H3. The van der Waals surface area contributed by atoms with E-state index < -0.39 is 5.60 Å². The number of rotatable bonds is 6. The molecule has 0 aliphatic heterocycles. The van der Waals surface area contributed by atoms with E-state index in [1.54, 1.807) is 11.3 Å². The van der Waals surface area contributed by atoms with Crippen molar-refractivity contribution in [3.8, 4) is 0 Å². The van der Waals surface area contributed by atoms with Crippen molar-refractivity contribution in [3.63, 3.8) is 0 Å². The topological polar surface area (TPSA) is 45.1 Å². The lowest BCUT2D eigenvalue weighted by Crippen LogP contribution is -2.42. The summed E-state index contributed by atoms with van der Waals surface area (Å²) in [4.78, 5) is 4.18. The smallest absolute Gasteiger partial charge is 0.0795 e. The second kappa shape index (κ2) is 5.58. The molecule has 0 aliphatic rings. The van der Waals surface area contributed by atoms with E-state index in [0.29, 0.717) is 12.5 Å². The van der Waals surface area contributed by atoms with Crippen molar-refractivity contribution in [1.82, 2.24) is 10.3 Å². The van der Waals surface area contributed by atoms with Gasteiger partial charge < -0.3 is 10.4 Å². The Morgan fingerprint density at radius 3 is 2.93 bits per heavy atom. The van der Waals surface area contributed by atoms with Gasteiger partial charge in [0, 0.05) is 18.5 Å². The third-order valence-electron chi connectivity index (χ3n) is 2.95. The fourth-order valence-corrected chi connectivity index (χ4v) is 1.94. The highest BCUT2D eigenvalue weighted by Gasteiger charge is 2.26. The van der Waals surface area contributed by atoms with Crippen LogP contribution in [-0.4, -0.2) is 22.2 Å². The van der Waals surface area contributed by atoms with Gasteiger partial charge in [-0.2, -0.15) is 0 Å². The van der Waals surface area contributed by atoms with Gasteiger partial charge in [0.15, 0.2) is 0 Å². The Labute approximate surface area is 95.6 Å². The van der Waals surface area contributed by atoms with Crippen molar-refractivity contribution >= 4 is 11.3 Å². The molecule has 0 spiro atoms. The third-order valence-corrected chi connectivity index (χ3v) is 3.58. The van der Waals surface area contributed by atoms with E-state index in [1.165, 1.54) is 0 Å². The molecule has 15 heavy (non-hydrogen) atoms. The molecule has 86 valence electrons. The molecule has 1 aromatic heterocycles. The molecule has 4 heteroatoms. The molecule has 2 unspecified atom stereocenters. The monoisotopic (exact) mass is 228 g/mol. The van der Waals surface area contributed by atoms with Gasteiger partial charge in [0.25, 0.3) is 0 Å². The number of hydrogen-bond acceptors (Lipinski definition) is 4. The fraction of sp³-hybridized carbons (Fsp3) is 0.727. The number of thiazole rings is 1. The lowest BCUT2D eigenvalue weighted by atomic mass is 9.89. The quantitative estimate of drug-likeness (QED) is 0.783. The molecule has 0 bridgehead atoms. The maximum absolute atomic E-state index is 10.1. The first kappa shape index (κ1) is 12.6. The second-order valence-electron chi connectivity index (χ2n) is 4.25. The number of hydrogen-bond donors (Lipinski definition) is 2. The van der Waals surface area contributed by atoms with Gasteiger partial charge in [0.1, 0.15) is 0 Å². The van der Waals surface area contributed by atoms with Crippen LogP contribution in [0.4, 0.5) is 0 Å². The van der Waals surface area contributed by atoms with Gasteiger partial charge in [-0.25, -0.2) is 4.98 Å². The lowest BCUT2D eigenvalue weighted by molar-refractivity contribution is 0.00530. The van der Waals surface area contributed by atoms with E-state index in [1.807, 2.05) is 17.8 Å². The van der Waals surface area contributed by atoms with Gasteiger partial charge in [-0.05, 0) is 12.8 Å². The van der Waals surface area contributed by atoms with Crippen LogP contribution in [0.2, 0.25) is 0 Å². The molecule has 1 aromatic rings. The van der Waals surface area contributed by atoms with Gasteiger partial charge in [-0.15, -0.1) is 11.3 Å². The minimum absolute atomic E-state index is 0.306. The predicted octanol–water partition coefficient (Wildman–Crippen LogP) is 2.03. The number of nitrogens with one attached hydrogen (secondary N) is 1. The van der Waals surface area contributed by atoms with Crippen LogP contribution in [0.15, 0.2) is 10.9 Å². The molecule has 1 rings (SSSR count). The largest absolute Gasteiger partial charge is 0.389 e. The van der Waals surface area contributed by atoms with Crippen LogP contribution in [0.5, 0.6) is 0 Å². The Balaban J connectivity index is 2.30. The van der Waals surface area contributed by atoms with Crippen molar-refractivity contribution in [1.29, 1.82) is 0 Å². The minimum Gasteiger partial charge on any atom is -0.389 e. The number of aromatic nitrogens is 1. The molecular weight excluding hydrogens is 208 g/mol. The molecular formula is C11H20N2OS. The zero-order valence-corrected chi connectivity index (χ0v) is 10.5. The van der Waals surface area contributed by atoms with Crippen LogP contribution in [0.25, 0.3) is 0 Å². The van der Waals surface area contributed by atoms with Crippen LogP contribution in [-0.2, 0) is 6.54 Å². The van der Waals surface area contributed by atoms with Crippen molar-refractivity contribution < 1.29 is 5.11 Å². The molecule has 2 atom stereocenters. The number of nitrogens with zero attached hydrogens (tertiary/aromatic N) is 1. The average Bonchev–Trinajstić information content (AvgIpc) is 2.69. The molecule has 0 saturated heterocycles. The maximum Gasteiger partial charge on any atom is 0.0795 e. The lowest BCUT2D eigenvalue weighted by Gasteiger charge is -2.29. The highest BCUT2D eigenvalue weighted by molar-refractivity contribution is 7.07. The summed E-state index contributed by atoms with van der Waals surface area (Å²) in [6.07, 6.45) is 0.991. The summed E-state index contributed by atoms with van der Waals surface area (Å²) in [5.74, 6) is 0.306. The molecule has 2 N–H and O–H groups in total. The average molecular weight is 228 g/mol. The molecule has 0 radical (unpaired) electrons. The first-order valence-electron chi connectivity index (χ1n) is 5.36. The summed E-state index contributed by atoms with van der Waals surface area (Å²) >= 11 is 1.59. The second-order valence-corrected chi connectivity index (χ2v) is 4.97. The first-order chi connectivity index (χ1) is 7.06. The van der Waals surface area contributed by atoms with Crippen molar-refractivity contribution in [3.05, 3.63) is 16.6 Å².